The number of piperidine rings is 1. The van der Waals surface area contributed by atoms with E-state index in [1.165, 1.54) is 0 Å². The first-order valence-corrected chi connectivity index (χ1v) is 9.60. The minimum Gasteiger partial charge on any atom is -0.352 e. The number of H-pyrrole nitrogens is 1. The summed E-state index contributed by atoms with van der Waals surface area (Å²) in [6, 6.07) is 7.87. The van der Waals surface area contributed by atoms with Crippen molar-refractivity contribution in [2.24, 2.45) is 0 Å². The average molecular weight is 374 g/mol. The number of carbonyl (C=O) groups excluding carboxylic acids is 1. The van der Waals surface area contributed by atoms with Gasteiger partial charge in [-0.15, -0.1) is 0 Å². The lowest BCUT2D eigenvalue weighted by atomic mass is 10.0. The van der Waals surface area contributed by atoms with Crippen LogP contribution >= 0.6 is 11.6 Å². The summed E-state index contributed by atoms with van der Waals surface area (Å²) < 4.78 is 0. The van der Waals surface area contributed by atoms with E-state index >= 15 is 0 Å². The Morgan fingerprint density at radius 3 is 2.92 bits per heavy atom. The Morgan fingerprint density at radius 2 is 2.12 bits per heavy atom. The fraction of sp³-hybridized carbons (Fsp3) is 0.474. The van der Waals surface area contributed by atoms with Gasteiger partial charge in [0, 0.05) is 49.4 Å². The van der Waals surface area contributed by atoms with Crippen LogP contribution < -0.4 is 10.6 Å². The summed E-state index contributed by atoms with van der Waals surface area (Å²) in [5, 5.41) is 7.31. The molecular weight excluding hydrogens is 350 g/mol. The number of likely N-dealkylation sites (tertiary alicyclic amines) is 1. The number of hydrogen-bond donors (Lipinski definition) is 3. The maximum Gasteiger partial charge on any atom is 0.243 e. The Balaban J connectivity index is 1.29. The molecule has 0 unspecified atom stereocenters. The highest BCUT2D eigenvalue weighted by atomic mass is 35.5. The van der Waals surface area contributed by atoms with E-state index in [1.54, 1.807) is 6.33 Å². The van der Waals surface area contributed by atoms with E-state index in [-0.39, 0.29) is 18.0 Å². The maximum absolute atomic E-state index is 12.7. The Labute approximate surface area is 158 Å². The molecule has 3 N–H and O–H groups in total. The van der Waals surface area contributed by atoms with Crippen LogP contribution in [0.25, 0.3) is 0 Å². The van der Waals surface area contributed by atoms with Crippen LogP contribution in [0.4, 0.5) is 0 Å². The molecule has 26 heavy (non-hydrogen) atoms. The number of amides is 1. The van der Waals surface area contributed by atoms with Crippen LogP contribution in [-0.2, 0) is 17.8 Å². The molecule has 0 bridgehead atoms. The molecule has 7 heteroatoms. The number of aromatic nitrogens is 2. The van der Waals surface area contributed by atoms with Crippen molar-refractivity contribution >= 4 is 17.5 Å². The normalized spacial score (nSPS) is 21.3. The van der Waals surface area contributed by atoms with Crippen molar-refractivity contribution in [1.29, 1.82) is 0 Å². The Morgan fingerprint density at radius 1 is 1.31 bits per heavy atom. The Bertz CT molecular complexity index is 769. The highest BCUT2D eigenvalue weighted by Crippen LogP contribution is 2.22. The Kier molecular flexibility index (Phi) is 5.24. The number of nitrogens with zero attached hydrogens (tertiary/aromatic N) is 2. The smallest absolute Gasteiger partial charge is 0.243 e. The first-order chi connectivity index (χ1) is 12.7. The van der Waals surface area contributed by atoms with E-state index in [0.717, 1.165) is 67.4 Å². The molecular formula is C19H24ClN5O. The molecule has 138 valence electrons. The second kappa shape index (κ2) is 7.78. The van der Waals surface area contributed by atoms with Crippen LogP contribution in [0.15, 0.2) is 30.6 Å². The number of imidazole rings is 1. The predicted octanol–water partition coefficient (Wildman–Crippen LogP) is 2.03. The average Bonchev–Trinajstić information content (AvgIpc) is 3.14. The third kappa shape index (κ3) is 3.77. The van der Waals surface area contributed by atoms with Gasteiger partial charge in [-0.2, -0.15) is 0 Å². The van der Waals surface area contributed by atoms with Gasteiger partial charge in [0.2, 0.25) is 5.91 Å². The van der Waals surface area contributed by atoms with Gasteiger partial charge in [0.1, 0.15) is 6.04 Å². The molecule has 2 aliphatic rings. The zero-order valence-corrected chi connectivity index (χ0v) is 15.4. The van der Waals surface area contributed by atoms with Crippen LogP contribution in [0.5, 0.6) is 0 Å². The zero-order chi connectivity index (χ0) is 17.9. The number of benzene rings is 1. The van der Waals surface area contributed by atoms with E-state index in [0.29, 0.717) is 0 Å². The van der Waals surface area contributed by atoms with Crippen molar-refractivity contribution in [2.75, 3.05) is 19.6 Å². The number of fused-ring (bicyclic) bond motifs is 1. The highest BCUT2D eigenvalue weighted by molar-refractivity contribution is 6.31. The molecule has 1 aromatic heterocycles. The maximum atomic E-state index is 12.7. The van der Waals surface area contributed by atoms with Crippen molar-refractivity contribution < 1.29 is 4.79 Å². The van der Waals surface area contributed by atoms with Crippen LogP contribution in [0.2, 0.25) is 5.02 Å². The van der Waals surface area contributed by atoms with E-state index in [1.807, 2.05) is 18.2 Å². The van der Waals surface area contributed by atoms with Crippen molar-refractivity contribution in [3.63, 3.8) is 0 Å². The minimum atomic E-state index is -0.342. The summed E-state index contributed by atoms with van der Waals surface area (Å²) in [7, 11) is 0. The van der Waals surface area contributed by atoms with Gasteiger partial charge in [0.05, 0.1) is 12.0 Å². The SMILES string of the molecule is O=C(NC1CCN(Cc2ccccc2Cl)CC1)[C@H]1NCCc2[nH]cnc21. The standard InChI is InChI=1S/C19H24ClN5O/c20-15-4-2-1-3-13(15)11-25-9-6-14(7-10-25)24-19(26)18-17-16(5-8-21-18)22-12-23-17/h1-4,12,14,18,21H,5-11H2,(H,22,23)(H,24,26)/t18-/m0/s1. The molecule has 1 atom stereocenters. The molecule has 0 aliphatic carbocycles. The predicted molar refractivity (Wildman–Crippen MR) is 101 cm³/mol. The molecule has 1 fully saturated rings. The second-order valence-electron chi connectivity index (χ2n) is 7.05. The molecule has 4 rings (SSSR count). The van der Waals surface area contributed by atoms with E-state index in [9.17, 15) is 4.79 Å². The first kappa shape index (κ1) is 17.5. The number of rotatable bonds is 4. The first-order valence-electron chi connectivity index (χ1n) is 9.22. The van der Waals surface area contributed by atoms with E-state index < -0.39 is 0 Å². The number of halogens is 1. The lowest BCUT2D eigenvalue weighted by molar-refractivity contribution is -0.124. The number of hydrogen-bond acceptors (Lipinski definition) is 4. The quantitative estimate of drug-likeness (QED) is 0.766. The third-order valence-corrected chi connectivity index (χ3v) is 5.67. The lowest BCUT2D eigenvalue weighted by Gasteiger charge is -2.33. The summed E-state index contributed by atoms with van der Waals surface area (Å²) in [5.41, 5.74) is 3.07. The van der Waals surface area contributed by atoms with Gasteiger partial charge in [0.25, 0.3) is 0 Å². The summed E-state index contributed by atoms with van der Waals surface area (Å²) >= 11 is 6.26. The molecule has 1 saturated heterocycles. The largest absolute Gasteiger partial charge is 0.352 e. The van der Waals surface area contributed by atoms with Gasteiger partial charge in [0.15, 0.2) is 0 Å². The van der Waals surface area contributed by atoms with Gasteiger partial charge >= 0.3 is 0 Å². The van der Waals surface area contributed by atoms with Crippen LogP contribution in [0.3, 0.4) is 0 Å². The van der Waals surface area contributed by atoms with Crippen molar-refractivity contribution in [2.45, 2.75) is 37.9 Å². The summed E-state index contributed by atoms with van der Waals surface area (Å²) in [6.07, 6.45) is 4.47. The van der Waals surface area contributed by atoms with Crippen molar-refractivity contribution in [1.82, 2.24) is 25.5 Å². The fourth-order valence-corrected chi connectivity index (χ4v) is 4.02. The van der Waals surface area contributed by atoms with Gasteiger partial charge in [-0.25, -0.2) is 4.98 Å². The van der Waals surface area contributed by atoms with Crippen molar-refractivity contribution in [3.05, 3.63) is 52.6 Å². The van der Waals surface area contributed by atoms with Gasteiger partial charge < -0.3 is 15.6 Å². The lowest BCUT2D eigenvalue weighted by Crippen LogP contribution is -2.49. The molecule has 1 amide bonds. The molecule has 6 nitrogen and oxygen atoms in total. The molecule has 3 heterocycles. The van der Waals surface area contributed by atoms with E-state index in [4.69, 9.17) is 11.6 Å². The molecule has 0 radical (unpaired) electrons. The highest BCUT2D eigenvalue weighted by Gasteiger charge is 2.30. The van der Waals surface area contributed by atoms with Gasteiger partial charge in [-0.05, 0) is 24.5 Å². The monoisotopic (exact) mass is 373 g/mol. The number of aromatic amines is 1. The zero-order valence-electron chi connectivity index (χ0n) is 14.7. The van der Waals surface area contributed by atoms with Gasteiger partial charge in [-0.1, -0.05) is 29.8 Å². The summed E-state index contributed by atoms with van der Waals surface area (Å²) in [4.78, 5) is 22.5. The molecule has 2 aliphatic heterocycles. The molecule has 0 spiro atoms. The third-order valence-electron chi connectivity index (χ3n) is 5.30. The topological polar surface area (TPSA) is 73.1 Å². The van der Waals surface area contributed by atoms with Gasteiger partial charge in [-0.3, -0.25) is 9.69 Å². The molecule has 0 saturated carbocycles. The Hall–Kier alpha value is -1.89. The summed E-state index contributed by atoms with van der Waals surface area (Å²) in [5.74, 6) is 0.0302. The fourth-order valence-electron chi connectivity index (χ4n) is 3.82. The second-order valence-corrected chi connectivity index (χ2v) is 7.46. The van der Waals surface area contributed by atoms with E-state index in [2.05, 4.69) is 31.6 Å². The number of carbonyl (C=O) groups is 1. The van der Waals surface area contributed by atoms with Crippen LogP contribution in [0, 0.1) is 0 Å². The number of nitrogens with one attached hydrogen (secondary N) is 3. The van der Waals surface area contributed by atoms with Crippen molar-refractivity contribution in [3.8, 4) is 0 Å². The minimum absolute atomic E-state index is 0.0302. The molecule has 1 aromatic carbocycles. The van der Waals surface area contributed by atoms with Crippen LogP contribution in [0.1, 0.15) is 35.8 Å². The summed E-state index contributed by atoms with van der Waals surface area (Å²) in [6.45, 7) is 3.58. The molecule has 2 aromatic rings. The van der Waals surface area contributed by atoms with Crippen LogP contribution in [-0.4, -0.2) is 46.5 Å².